The van der Waals surface area contributed by atoms with Gasteiger partial charge in [-0.05, 0) is 59.1 Å². The second kappa shape index (κ2) is 4.76. The average molecular weight is 279 g/mol. The quantitative estimate of drug-likeness (QED) is 0.709. The van der Waals surface area contributed by atoms with Crippen molar-refractivity contribution in [2.24, 2.45) is 0 Å². The zero-order valence-corrected chi connectivity index (χ0v) is 12.8. The van der Waals surface area contributed by atoms with E-state index in [1.54, 1.807) is 6.07 Å². The molecule has 4 heteroatoms. The highest BCUT2D eigenvalue weighted by Crippen LogP contribution is 2.39. The van der Waals surface area contributed by atoms with E-state index in [0.717, 1.165) is 18.4 Å². The Morgan fingerprint density at radius 1 is 1.35 bits per heavy atom. The molecule has 1 aliphatic heterocycles. The standard InChI is InChI=1S/C16H22FNO2/c1-15(2,3)20-14(19)18-13-11(7-6-8-12(13)17)9-10-16(18,4)5/h6-8H,9-10H2,1-5H3. The molecule has 0 fully saturated rings. The number of aryl methyl sites for hydroxylation is 1. The lowest BCUT2D eigenvalue weighted by Crippen LogP contribution is -2.53. The van der Waals surface area contributed by atoms with Crippen molar-refractivity contribution >= 4 is 11.8 Å². The van der Waals surface area contributed by atoms with E-state index >= 15 is 0 Å². The smallest absolute Gasteiger partial charge is 0.415 e. The number of hydrogen-bond acceptors (Lipinski definition) is 2. The molecule has 2 rings (SSSR count). The van der Waals surface area contributed by atoms with E-state index < -0.39 is 17.2 Å². The molecule has 0 aliphatic carbocycles. The zero-order chi connectivity index (χ0) is 15.1. The summed E-state index contributed by atoms with van der Waals surface area (Å²) >= 11 is 0. The topological polar surface area (TPSA) is 29.5 Å². The van der Waals surface area contributed by atoms with Crippen LogP contribution in [0.15, 0.2) is 18.2 Å². The first kappa shape index (κ1) is 14.8. The minimum Gasteiger partial charge on any atom is -0.443 e. The van der Waals surface area contributed by atoms with Gasteiger partial charge < -0.3 is 4.74 Å². The van der Waals surface area contributed by atoms with Crippen LogP contribution in [0.5, 0.6) is 0 Å². The number of rotatable bonds is 0. The Labute approximate surface area is 119 Å². The van der Waals surface area contributed by atoms with Crippen LogP contribution in [0.3, 0.4) is 0 Å². The van der Waals surface area contributed by atoms with Crippen molar-refractivity contribution in [1.82, 2.24) is 0 Å². The van der Waals surface area contributed by atoms with Gasteiger partial charge in [-0.3, -0.25) is 4.90 Å². The van der Waals surface area contributed by atoms with Gasteiger partial charge >= 0.3 is 6.09 Å². The summed E-state index contributed by atoms with van der Waals surface area (Å²) < 4.78 is 19.7. The van der Waals surface area contributed by atoms with E-state index in [2.05, 4.69) is 0 Å². The maximum absolute atomic E-state index is 14.2. The van der Waals surface area contributed by atoms with Crippen molar-refractivity contribution in [2.75, 3.05) is 4.90 Å². The molecule has 0 radical (unpaired) electrons. The Balaban J connectivity index is 2.47. The van der Waals surface area contributed by atoms with E-state index in [1.165, 1.54) is 11.0 Å². The number of amides is 1. The summed E-state index contributed by atoms with van der Waals surface area (Å²) in [5, 5.41) is 0. The van der Waals surface area contributed by atoms with Crippen molar-refractivity contribution in [1.29, 1.82) is 0 Å². The molecule has 1 aromatic carbocycles. The maximum atomic E-state index is 14.2. The summed E-state index contributed by atoms with van der Waals surface area (Å²) in [6, 6.07) is 4.93. The number of benzene rings is 1. The number of anilines is 1. The minimum atomic E-state index is -0.601. The molecule has 0 bridgehead atoms. The van der Waals surface area contributed by atoms with Crippen molar-refractivity contribution in [3.8, 4) is 0 Å². The number of fused-ring (bicyclic) bond motifs is 1. The van der Waals surface area contributed by atoms with Crippen LogP contribution in [0.4, 0.5) is 14.9 Å². The summed E-state index contributed by atoms with van der Waals surface area (Å²) in [7, 11) is 0. The maximum Gasteiger partial charge on any atom is 0.415 e. The fourth-order valence-electron chi connectivity index (χ4n) is 2.51. The predicted molar refractivity (Wildman–Crippen MR) is 77.5 cm³/mol. The van der Waals surface area contributed by atoms with Crippen LogP contribution >= 0.6 is 0 Å². The number of nitrogens with zero attached hydrogens (tertiary/aromatic N) is 1. The third-order valence-electron chi connectivity index (χ3n) is 3.48. The van der Waals surface area contributed by atoms with Gasteiger partial charge in [-0.1, -0.05) is 12.1 Å². The van der Waals surface area contributed by atoms with Crippen LogP contribution < -0.4 is 4.90 Å². The van der Waals surface area contributed by atoms with Gasteiger partial charge in [-0.15, -0.1) is 0 Å². The molecule has 0 saturated carbocycles. The first-order valence-corrected chi connectivity index (χ1v) is 6.92. The van der Waals surface area contributed by atoms with E-state index in [1.807, 2.05) is 40.7 Å². The first-order chi connectivity index (χ1) is 9.12. The Hall–Kier alpha value is -1.58. The largest absolute Gasteiger partial charge is 0.443 e. The highest BCUT2D eigenvalue weighted by molar-refractivity contribution is 5.91. The molecule has 0 unspecified atom stereocenters. The number of carbonyl (C=O) groups is 1. The van der Waals surface area contributed by atoms with Crippen LogP contribution in [-0.2, 0) is 11.2 Å². The van der Waals surface area contributed by atoms with E-state index in [-0.39, 0.29) is 5.82 Å². The van der Waals surface area contributed by atoms with Gasteiger partial charge in [0, 0.05) is 5.54 Å². The number of ether oxygens (including phenoxy) is 1. The van der Waals surface area contributed by atoms with Gasteiger partial charge in [-0.2, -0.15) is 0 Å². The zero-order valence-electron chi connectivity index (χ0n) is 12.8. The monoisotopic (exact) mass is 279 g/mol. The van der Waals surface area contributed by atoms with Crippen molar-refractivity contribution in [3.05, 3.63) is 29.6 Å². The van der Waals surface area contributed by atoms with Gasteiger partial charge in [-0.25, -0.2) is 9.18 Å². The summed E-state index contributed by atoms with van der Waals surface area (Å²) in [5.41, 5.74) is 0.154. The normalized spacial score (nSPS) is 17.6. The summed E-state index contributed by atoms with van der Waals surface area (Å²) in [4.78, 5) is 13.9. The van der Waals surface area contributed by atoms with Crippen LogP contribution in [-0.4, -0.2) is 17.2 Å². The Morgan fingerprint density at radius 2 is 2.00 bits per heavy atom. The van der Waals surface area contributed by atoms with Gasteiger partial charge in [0.05, 0.1) is 5.69 Å². The fourth-order valence-corrected chi connectivity index (χ4v) is 2.51. The fraction of sp³-hybridized carbons (Fsp3) is 0.562. The third kappa shape index (κ3) is 2.79. The second-order valence-corrected chi connectivity index (χ2v) is 6.88. The van der Waals surface area contributed by atoms with Crippen LogP contribution in [0.2, 0.25) is 0 Å². The molecule has 0 spiro atoms. The van der Waals surface area contributed by atoms with Crippen molar-refractivity contribution in [2.45, 2.75) is 58.6 Å². The molecule has 20 heavy (non-hydrogen) atoms. The molecule has 0 saturated heterocycles. The summed E-state index contributed by atoms with van der Waals surface area (Å²) in [6.07, 6.45) is 1.05. The summed E-state index contributed by atoms with van der Waals surface area (Å²) in [5.74, 6) is -0.374. The number of carbonyl (C=O) groups excluding carboxylic acids is 1. The highest BCUT2D eigenvalue weighted by atomic mass is 19.1. The minimum absolute atomic E-state index is 0.359. The molecule has 0 aromatic heterocycles. The number of hydrogen-bond donors (Lipinski definition) is 0. The molecule has 0 N–H and O–H groups in total. The lowest BCUT2D eigenvalue weighted by atomic mass is 9.87. The Kier molecular flexibility index (Phi) is 3.53. The molecular weight excluding hydrogens is 257 g/mol. The Bertz CT molecular complexity index is 532. The van der Waals surface area contributed by atoms with Gasteiger partial charge in [0.2, 0.25) is 0 Å². The summed E-state index contributed by atoms with van der Waals surface area (Å²) in [6.45, 7) is 9.30. The third-order valence-corrected chi connectivity index (χ3v) is 3.48. The van der Waals surface area contributed by atoms with Crippen LogP contribution in [0, 0.1) is 5.82 Å². The second-order valence-electron chi connectivity index (χ2n) is 6.88. The molecule has 1 amide bonds. The van der Waals surface area contributed by atoms with Gasteiger partial charge in [0.1, 0.15) is 11.4 Å². The van der Waals surface area contributed by atoms with Crippen LogP contribution in [0.25, 0.3) is 0 Å². The molecule has 0 atom stereocenters. The Morgan fingerprint density at radius 3 is 2.60 bits per heavy atom. The van der Waals surface area contributed by atoms with E-state index in [0.29, 0.717) is 5.69 Å². The van der Waals surface area contributed by atoms with Crippen molar-refractivity contribution < 1.29 is 13.9 Å². The number of halogens is 1. The lowest BCUT2D eigenvalue weighted by Gasteiger charge is -2.43. The average Bonchev–Trinajstić information content (AvgIpc) is 2.26. The van der Waals surface area contributed by atoms with Crippen LogP contribution in [0.1, 0.15) is 46.6 Å². The first-order valence-electron chi connectivity index (χ1n) is 6.92. The SMILES string of the molecule is CC(C)(C)OC(=O)N1c2c(F)cccc2CCC1(C)C. The molecule has 1 heterocycles. The molecular formula is C16H22FNO2. The lowest BCUT2D eigenvalue weighted by molar-refractivity contribution is 0.0536. The van der Waals surface area contributed by atoms with Gasteiger partial charge in [0.25, 0.3) is 0 Å². The molecule has 3 nitrogen and oxygen atoms in total. The van der Waals surface area contributed by atoms with Gasteiger partial charge in [0.15, 0.2) is 0 Å². The molecule has 1 aliphatic rings. The molecule has 110 valence electrons. The number of para-hydroxylation sites is 1. The van der Waals surface area contributed by atoms with E-state index in [4.69, 9.17) is 4.74 Å². The predicted octanol–water partition coefficient (Wildman–Crippen LogP) is 4.29. The highest BCUT2D eigenvalue weighted by Gasteiger charge is 2.40. The van der Waals surface area contributed by atoms with Crippen molar-refractivity contribution in [3.63, 3.8) is 0 Å². The van der Waals surface area contributed by atoms with E-state index in [9.17, 15) is 9.18 Å². The molecule has 1 aromatic rings.